The van der Waals surface area contributed by atoms with Gasteiger partial charge in [0.2, 0.25) is 0 Å². The topological polar surface area (TPSA) is 38.8 Å². The molecule has 0 radical (unpaired) electrons. The summed E-state index contributed by atoms with van der Waals surface area (Å²) in [5, 5.41) is 0. The predicted molar refractivity (Wildman–Crippen MR) is 82.9 cm³/mol. The maximum absolute atomic E-state index is 11.6. The number of hydrogen-bond donors (Lipinski definition) is 0. The highest BCUT2D eigenvalue weighted by molar-refractivity contribution is 5.89. The van der Waals surface area contributed by atoms with Gasteiger partial charge in [-0.15, -0.1) is 12.4 Å². The summed E-state index contributed by atoms with van der Waals surface area (Å²) in [6.45, 7) is 1.53. The third kappa shape index (κ3) is 3.50. The van der Waals surface area contributed by atoms with Crippen molar-refractivity contribution in [2.24, 2.45) is 0 Å². The molecule has 0 amide bonds. The Morgan fingerprint density at radius 1 is 1.29 bits per heavy atom. The molecule has 1 aromatic carbocycles. The molecule has 4 nitrogen and oxygen atoms in total. The second-order valence-corrected chi connectivity index (χ2v) is 5.63. The molecule has 1 aromatic rings. The monoisotopic (exact) mass is 311 g/mol. The Kier molecular flexibility index (Phi) is 5.48. The van der Waals surface area contributed by atoms with E-state index in [2.05, 4.69) is 4.90 Å². The van der Waals surface area contributed by atoms with Crippen LogP contribution in [0, 0.1) is 0 Å². The van der Waals surface area contributed by atoms with Crippen LogP contribution in [0.2, 0.25) is 0 Å². The number of ether oxygens (including phenoxy) is 2. The average Bonchev–Trinajstić information content (AvgIpc) is 2.54. The van der Waals surface area contributed by atoms with Gasteiger partial charge in [0.1, 0.15) is 12.5 Å². The molecule has 3 rings (SSSR count). The first-order valence-electron chi connectivity index (χ1n) is 7.36. The molecule has 2 aliphatic rings. The fourth-order valence-corrected chi connectivity index (χ4v) is 3.19. The fourth-order valence-electron chi connectivity index (χ4n) is 3.19. The van der Waals surface area contributed by atoms with Gasteiger partial charge in [-0.25, -0.2) is 4.79 Å². The van der Waals surface area contributed by atoms with Crippen molar-refractivity contribution in [2.45, 2.75) is 44.7 Å². The highest BCUT2D eigenvalue weighted by Crippen LogP contribution is 2.31. The summed E-state index contributed by atoms with van der Waals surface area (Å²) >= 11 is 0. The molecule has 21 heavy (non-hydrogen) atoms. The van der Waals surface area contributed by atoms with E-state index >= 15 is 0 Å². The SMILES string of the molecule is COC(=O)c1ccc2c(c1)CN(C1CCCCC1)CO2.Cl. The van der Waals surface area contributed by atoms with E-state index in [9.17, 15) is 4.79 Å². The molecule has 0 aromatic heterocycles. The summed E-state index contributed by atoms with van der Waals surface area (Å²) in [6.07, 6.45) is 6.51. The largest absolute Gasteiger partial charge is 0.478 e. The molecule has 0 spiro atoms. The molecule has 1 aliphatic heterocycles. The van der Waals surface area contributed by atoms with E-state index in [0.717, 1.165) is 17.9 Å². The Labute approximate surface area is 131 Å². The summed E-state index contributed by atoms with van der Waals surface area (Å²) in [5.74, 6) is 0.604. The van der Waals surface area contributed by atoms with Gasteiger partial charge < -0.3 is 9.47 Å². The van der Waals surface area contributed by atoms with Crippen molar-refractivity contribution in [1.29, 1.82) is 0 Å². The third-order valence-corrected chi connectivity index (χ3v) is 4.33. The van der Waals surface area contributed by atoms with E-state index in [1.54, 1.807) is 6.07 Å². The molecule has 0 atom stereocenters. The minimum Gasteiger partial charge on any atom is -0.478 e. The normalized spacial score (nSPS) is 19.1. The summed E-state index contributed by atoms with van der Waals surface area (Å²) in [5.41, 5.74) is 1.69. The quantitative estimate of drug-likeness (QED) is 0.785. The zero-order valence-corrected chi connectivity index (χ0v) is 13.2. The molecule has 5 heteroatoms. The van der Waals surface area contributed by atoms with Crippen LogP contribution in [-0.2, 0) is 11.3 Å². The Morgan fingerprint density at radius 2 is 2.05 bits per heavy atom. The van der Waals surface area contributed by atoms with E-state index in [1.165, 1.54) is 39.2 Å². The van der Waals surface area contributed by atoms with Crippen molar-refractivity contribution in [3.05, 3.63) is 29.3 Å². The van der Waals surface area contributed by atoms with Gasteiger partial charge in [-0.2, -0.15) is 0 Å². The molecule has 1 saturated carbocycles. The molecule has 0 N–H and O–H groups in total. The van der Waals surface area contributed by atoms with Crippen molar-refractivity contribution in [3.8, 4) is 5.75 Å². The summed E-state index contributed by atoms with van der Waals surface area (Å²) in [7, 11) is 1.41. The number of hydrogen-bond acceptors (Lipinski definition) is 4. The summed E-state index contributed by atoms with van der Waals surface area (Å²) in [6, 6.07) is 6.16. The van der Waals surface area contributed by atoms with Gasteiger partial charge in [-0.05, 0) is 31.0 Å². The molecule has 0 bridgehead atoms. The summed E-state index contributed by atoms with van der Waals surface area (Å²) in [4.78, 5) is 14.0. The lowest BCUT2D eigenvalue weighted by molar-refractivity contribution is 0.0401. The van der Waals surface area contributed by atoms with Gasteiger partial charge in [0.05, 0.1) is 12.7 Å². The van der Waals surface area contributed by atoms with Gasteiger partial charge in [-0.1, -0.05) is 19.3 Å². The standard InChI is InChI=1S/C16H21NO3.ClH/c1-19-16(18)12-7-8-15-13(9-12)10-17(11-20-15)14-5-3-2-4-6-14;/h7-9,14H,2-6,10-11H2,1H3;1H. The lowest BCUT2D eigenvalue weighted by atomic mass is 9.94. The number of carbonyl (C=O) groups excluding carboxylic acids is 1. The zero-order chi connectivity index (χ0) is 13.9. The Hall–Kier alpha value is -1.26. The van der Waals surface area contributed by atoms with Crippen molar-refractivity contribution in [3.63, 3.8) is 0 Å². The van der Waals surface area contributed by atoms with Crippen LogP contribution in [0.1, 0.15) is 48.0 Å². The Morgan fingerprint density at radius 3 is 2.76 bits per heavy atom. The number of fused-ring (bicyclic) bond motifs is 1. The van der Waals surface area contributed by atoms with Crippen LogP contribution in [-0.4, -0.2) is 30.8 Å². The van der Waals surface area contributed by atoms with Gasteiger partial charge in [0.25, 0.3) is 0 Å². The number of methoxy groups -OCH3 is 1. The molecular weight excluding hydrogens is 290 g/mol. The van der Waals surface area contributed by atoms with Crippen LogP contribution in [0.5, 0.6) is 5.75 Å². The molecule has 0 unspecified atom stereocenters. The van der Waals surface area contributed by atoms with Crippen LogP contribution in [0.25, 0.3) is 0 Å². The maximum atomic E-state index is 11.6. The van der Waals surface area contributed by atoms with E-state index in [1.807, 2.05) is 12.1 Å². The number of nitrogens with zero attached hydrogens (tertiary/aromatic N) is 1. The van der Waals surface area contributed by atoms with E-state index in [4.69, 9.17) is 9.47 Å². The summed E-state index contributed by atoms with van der Waals surface area (Å²) < 4.78 is 10.6. The molecule has 0 saturated heterocycles. The van der Waals surface area contributed by atoms with Crippen LogP contribution in [0.4, 0.5) is 0 Å². The molecule has 1 aliphatic carbocycles. The van der Waals surface area contributed by atoms with Gasteiger partial charge in [0.15, 0.2) is 0 Å². The van der Waals surface area contributed by atoms with Gasteiger partial charge in [-0.3, -0.25) is 4.90 Å². The number of benzene rings is 1. The van der Waals surface area contributed by atoms with Crippen LogP contribution in [0.3, 0.4) is 0 Å². The van der Waals surface area contributed by atoms with E-state index < -0.39 is 0 Å². The first-order valence-corrected chi connectivity index (χ1v) is 7.36. The second-order valence-electron chi connectivity index (χ2n) is 5.63. The number of esters is 1. The molecular formula is C16H22ClNO3. The van der Waals surface area contributed by atoms with Crippen LogP contribution >= 0.6 is 12.4 Å². The van der Waals surface area contributed by atoms with Crippen LogP contribution < -0.4 is 4.74 Å². The number of halogens is 1. The highest BCUT2D eigenvalue weighted by Gasteiger charge is 2.26. The lowest BCUT2D eigenvalue weighted by Crippen LogP contribution is -2.41. The number of carbonyl (C=O) groups is 1. The van der Waals surface area contributed by atoms with Gasteiger partial charge in [0, 0.05) is 18.2 Å². The molecule has 1 heterocycles. The number of rotatable bonds is 2. The maximum Gasteiger partial charge on any atom is 0.337 e. The predicted octanol–water partition coefficient (Wildman–Crippen LogP) is 3.38. The van der Waals surface area contributed by atoms with Crippen molar-refractivity contribution < 1.29 is 14.3 Å². The average molecular weight is 312 g/mol. The van der Waals surface area contributed by atoms with E-state index in [-0.39, 0.29) is 18.4 Å². The Bertz CT molecular complexity index is 500. The lowest BCUT2D eigenvalue weighted by Gasteiger charge is -2.37. The van der Waals surface area contributed by atoms with Crippen molar-refractivity contribution >= 4 is 18.4 Å². The van der Waals surface area contributed by atoms with Crippen LogP contribution in [0.15, 0.2) is 18.2 Å². The second kappa shape index (κ2) is 7.14. The van der Waals surface area contributed by atoms with E-state index in [0.29, 0.717) is 18.3 Å². The third-order valence-electron chi connectivity index (χ3n) is 4.33. The molecule has 1 fully saturated rings. The van der Waals surface area contributed by atoms with Crippen molar-refractivity contribution in [2.75, 3.05) is 13.8 Å². The fraction of sp³-hybridized carbons (Fsp3) is 0.562. The van der Waals surface area contributed by atoms with Crippen molar-refractivity contribution in [1.82, 2.24) is 4.90 Å². The highest BCUT2D eigenvalue weighted by atomic mass is 35.5. The zero-order valence-electron chi connectivity index (χ0n) is 12.3. The Balaban J connectivity index is 0.00000161. The smallest absolute Gasteiger partial charge is 0.337 e. The first kappa shape index (κ1) is 16.1. The first-order chi connectivity index (χ1) is 9.78. The molecule has 116 valence electrons. The minimum atomic E-state index is -0.289. The van der Waals surface area contributed by atoms with Gasteiger partial charge >= 0.3 is 5.97 Å². The minimum absolute atomic E-state index is 0.